The fourth-order valence-electron chi connectivity index (χ4n) is 2.92. The van der Waals surface area contributed by atoms with Crippen LogP contribution in [0.4, 0.5) is 0 Å². The highest BCUT2D eigenvalue weighted by atomic mass is 14.9. The molecule has 0 saturated heterocycles. The molecule has 18 heavy (non-hydrogen) atoms. The SMILES string of the molecule is CC(C)C(C)CNC1c2ccccc2CC1(C)C. The van der Waals surface area contributed by atoms with Gasteiger partial charge in [-0.25, -0.2) is 0 Å². The maximum atomic E-state index is 3.81. The molecule has 2 atom stereocenters. The summed E-state index contributed by atoms with van der Waals surface area (Å²) in [6, 6.07) is 9.41. The third-order valence-corrected chi connectivity index (χ3v) is 4.58. The quantitative estimate of drug-likeness (QED) is 0.838. The summed E-state index contributed by atoms with van der Waals surface area (Å²) in [5.74, 6) is 1.48. The average Bonchev–Trinajstić information content (AvgIpc) is 2.55. The molecule has 2 unspecified atom stereocenters. The molecule has 0 amide bonds. The Morgan fingerprint density at radius 3 is 2.56 bits per heavy atom. The van der Waals surface area contributed by atoms with E-state index in [1.54, 1.807) is 0 Å². The molecular weight excluding hydrogens is 218 g/mol. The van der Waals surface area contributed by atoms with Gasteiger partial charge in [0, 0.05) is 6.04 Å². The lowest BCUT2D eigenvalue weighted by molar-refractivity contribution is 0.249. The molecule has 0 radical (unpaired) electrons. The zero-order valence-corrected chi connectivity index (χ0v) is 12.5. The topological polar surface area (TPSA) is 12.0 Å². The average molecular weight is 245 g/mol. The normalized spacial score (nSPS) is 23.1. The first-order chi connectivity index (χ1) is 8.42. The van der Waals surface area contributed by atoms with Gasteiger partial charge in [-0.1, -0.05) is 58.9 Å². The van der Waals surface area contributed by atoms with Gasteiger partial charge >= 0.3 is 0 Å². The summed E-state index contributed by atoms with van der Waals surface area (Å²) in [4.78, 5) is 0. The van der Waals surface area contributed by atoms with E-state index >= 15 is 0 Å². The molecule has 1 aliphatic carbocycles. The summed E-state index contributed by atoms with van der Waals surface area (Å²) < 4.78 is 0. The summed E-state index contributed by atoms with van der Waals surface area (Å²) >= 11 is 0. The largest absolute Gasteiger partial charge is 0.309 e. The molecule has 1 aromatic carbocycles. The van der Waals surface area contributed by atoms with Crippen molar-refractivity contribution >= 4 is 0 Å². The van der Waals surface area contributed by atoms with Crippen LogP contribution in [0.2, 0.25) is 0 Å². The predicted octanol–water partition coefficient (Wildman–Crippen LogP) is 4.19. The minimum Gasteiger partial charge on any atom is -0.309 e. The smallest absolute Gasteiger partial charge is 0.0377 e. The van der Waals surface area contributed by atoms with Crippen LogP contribution in [-0.2, 0) is 6.42 Å². The number of benzene rings is 1. The third kappa shape index (κ3) is 2.61. The van der Waals surface area contributed by atoms with Crippen LogP contribution in [0, 0.1) is 17.3 Å². The maximum Gasteiger partial charge on any atom is 0.0377 e. The first kappa shape index (κ1) is 13.6. The van der Waals surface area contributed by atoms with E-state index in [0.717, 1.165) is 18.4 Å². The number of nitrogens with one attached hydrogen (secondary N) is 1. The van der Waals surface area contributed by atoms with E-state index in [1.807, 2.05) is 0 Å². The standard InChI is InChI=1S/C17H27N/c1-12(2)13(3)11-18-16-15-9-7-6-8-14(15)10-17(16,4)5/h6-9,12-13,16,18H,10-11H2,1-5H3. The van der Waals surface area contributed by atoms with Crippen molar-refractivity contribution in [2.24, 2.45) is 17.3 Å². The summed E-state index contributed by atoms with van der Waals surface area (Å²) in [6.45, 7) is 12.8. The molecule has 0 spiro atoms. The lowest BCUT2D eigenvalue weighted by Gasteiger charge is -2.30. The molecule has 0 aromatic heterocycles. The number of hydrogen-bond donors (Lipinski definition) is 1. The van der Waals surface area contributed by atoms with Crippen LogP contribution < -0.4 is 5.32 Å². The van der Waals surface area contributed by atoms with Crippen molar-refractivity contribution < 1.29 is 0 Å². The van der Waals surface area contributed by atoms with Gasteiger partial charge in [0.2, 0.25) is 0 Å². The van der Waals surface area contributed by atoms with E-state index < -0.39 is 0 Å². The molecule has 1 nitrogen and oxygen atoms in total. The first-order valence-corrected chi connectivity index (χ1v) is 7.23. The van der Waals surface area contributed by atoms with E-state index in [0.29, 0.717) is 11.5 Å². The van der Waals surface area contributed by atoms with Crippen molar-refractivity contribution in [3.05, 3.63) is 35.4 Å². The Bertz CT molecular complexity index is 406. The fourth-order valence-corrected chi connectivity index (χ4v) is 2.92. The van der Waals surface area contributed by atoms with Gasteiger partial charge in [0.1, 0.15) is 0 Å². The Morgan fingerprint density at radius 1 is 1.22 bits per heavy atom. The van der Waals surface area contributed by atoms with Crippen molar-refractivity contribution in [3.8, 4) is 0 Å². The van der Waals surface area contributed by atoms with Crippen molar-refractivity contribution in [1.29, 1.82) is 0 Å². The van der Waals surface area contributed by atoms with Gasteiger partial charge in [-0.15, -0.1) is 0 Å². The molecule has 2 rings (SSSR count). The molecule has 0 heterocycles. The molecule has 0 aliphatic heterocycles. The lowest BCUT2D eigenvalue weighted by Crippen LogP contribution is -2.34. The number of fused-ring (bicyclic) bond motifs is 1. The first-order valence-electron chi connectivity index (χ1n) is 7.23. The van der Waals surface area contributed by atoms with Crippen molar-refractivity contribution in [2.45, 2.75) is 47.1 Å². The Morgan fingerprint density at radius 2 is 1.89 bits per heavy atom. The zero-order valence-electron chi connectivity index (χ0n) is 12.5. The van der Waals surface area contributed by atoms with Gasteiger partial charge in [-0.05, 0) is 41.3 Å². The molecule has 1 N–H and O–H groups in total. The molecule has 0 fully saturated rings. The highest BCUT2D eigenvalue weighted by molar-refractivity contribution is 5.37. The van der Waals surface area contributed by atoms with Crippen LogP contribution in [0.3, 0.4) is 0 Å². The molecule has 0 saturated carbocycles. The zero-order chi connectivity index (χ0) is 13.3. The second-order valence-corrected chi connectivity index (χ2v) is 6.93. The predicted molar refractivity (Wildman–Crippen MR) is 78.7 cm³/mol. The monoisotopic (exact) mass is 245 g/mol. The van der Waals surface area contributed by atoms with E-state index in [2.05, 4.69) is 64.2 Å². The van der Waals surface area contributed by atoms with Crippen molar-refractivity contribution in [2.75, 3.05) is 6.54 Å². The minimum absolute atomic E-state index is 0.334. The van der Waals surface area contributed by atoms with Gasteiger partial charge < -0.3 is 5.32 Å². The maximum absolute atomic E-state index is 3.81. The Kier molecular flexibility index (Phi) is 3.82. The summed E-state index contributed by atoms with van der Waals surface area (Å²) in [6.07, 6.45) is 1.19. The van der Waals surface area contributed by atoms with Gasteiger partial charge in [0.05, 0.1) is 0 Å². The van der Waals surface area contributed by atoms with Crippen LogP contribution in [0.25, 0.3) is 0 Å². The highest BCUT2D eigenvalue weighted by Crippen LogP contribution is 2.44. The minimum atomic E-state index is 0.334. The van der Waals surface area contributed by atoms with E-state index in [4.69, 9.17) is 0 Å². The molecule has 0 bridgehead atoms. The van der Waals surface area contributed by atoms with E-state index in [9.17, 15) is 0 Å². The van der Waals surface area contributed by atoms with Gasteiger partial charge in [-0.2, -0.15) is 0 Å². The van der Waals surface area contributed by atoms with E-state index in [-0.39, 0.29) is 0 Å². The number of rotatable bonds is 4. The van der Waals surface area contributed by atoms with Crippen molar-refractivity contribution in [3.63, 3.8) is 0 Å². The van der Waals surface area contributed by atoms with Crippen LogP contribution in [-0.4, -0.2) is 6.54 Å². The molecular formula is C17H27N. The Labute approximate surface area is 112 Å². The second kappa shape index (κ2) is 5.05. The fraction of sp³-hybridized carbons (Fsp3) is 0.647. The summed E-state index contributed by atoms with van der Waals surface area (Å²) in [7, 11) is 0. The van der Waals surface area contributed by atoms with Gasteiger partial charge in [-0.3, -0.25) is 0 Å². The lowest BCUT2D eigenvalue weighted by atomic mass is 9.85. The van der Waals surface area contributed by atoms with Crippen LogP contribution >= 0.6 is 0 Å². The summed E-state index contributed by atoms with van der Waals surface area (Å²) in [5, 5.41) is 3.81. The third-order valence-electron chi connectivity index (χ3n) is 4.58. The highest BCUT2D eigenvalue weighted by Gasteiger charge is 2.38. The van der Waals surface area contributed by atoms with Crippen LogP contribution in [0.1, 0.15) is 51.8 Å². The van der Waals surface area contributed by atoms with Gasteiger partial charge in [0.25, 0.3) is 0 Å². The second-order valence-electron chi connectivity index (χ2n) is 6.93. The molecule has 1 heteroatoms. The molecule has 1 aromatic rings. The van der Waals surface area contributed by atoms with E-state index in [1.165, 1.54) is 17.5 Å². The van der Waals surface area contributed by atoms with Crippen LogP contribution in [0.15, 0.2) is 24.3 Å². The molecule has 100 valence electrons. The van der Waals surface area contributed by atoms with Crippen LogP contribution in [0.5, 0.6) is 0 Å². The number of hydrogen-bond acceptors (Lipinski definition) is 1. The van der Waals surface area contributed by atoms with Crippen molar-refractivity contribution in [1.82, 2.24) is 5.32 Å². The Hall–Kier alpha value is -0.820. The summed E-state index contributed by atoms with van der Waals surface area (Å²) in [5.41, 5.74) is 3.37. The Balaban J connectivity index is 2.11. The van der Waals surface area contributed by atoms with Gasteiger partial charge in [0.15, 0.2) is 0 Å². The molecule has 1 aliphatic rings.